The van der Waals surface area contributed by atoms with Crippen molar-refractivity contribution in [3.8, 4) is 0 Å². The first kappa shape index (κ1) is 14.6. The number of nitrogens with one attached hydrogen (secondary N) is 1. The Morgan fingerprint density at radius 1 is 1.29 bits per heavy atom. The monoisotopic (exact) mass is 290 g/mol. The van der Waals surface area contributed by atoms with Crippen LogP contribution in [0.25, 0.3) is 0 Å². The Morgan fingerprint density at radius 3 is 2.62 bits per heavy atom. The van der Waals surface area contributed by atoms with Gasteiger partial charge in [-0.2, -0.15) is 0 Å². The second-order valence-electron chi connectivity index (χ2n) is 4.40. The molecule has 0 saturated carbocycles. The van der Waals surface area contributed by atoms with Crippen molar-refractivity contribution in [3.05, 3.63) is 35.6 Å². The number of carbonyl (C=O) groups is 2. The summed E-state index contributed by atoms with van der Waals surface area (Å²) in [6.07, 6.45) is 1.74. The average molecular weight is 290 g/mol. The number of aromatic nitrogens is 3. The molecular formula is C13H14N4O4. The van der Waals surface area contributed by atoms with Crippen LogP contribution in [0, 0.1) is 13.8 Å². The maximum atomic E-state index is 11.8. The second-order valence-corrected chi connectivity index (χ2v) is 4.40. The normalized spacial score (nSPS) is 11.8. The third-order valence-corrected chi connectivity index (χ3v) is 2.52. The van der Waals surface area contributed by atoms with Gasteiger partial charge in [0.15, 0.2) is 17.6 Å². The van der Waals surface area contributed by atoms with E-state index >= 15 is 0 Å². The van der Waals surface area contributed by atoms with Gasteiger partial charge in [-0.1, -0.05) is 5.16 Å². The highest BCUT2D eigenvalue weighted by Crippen LogP contribution is 2.09. The average Bonchev–Trinajstić information content (AvgIpc) is 2.84. The summed E-state index contributed by atoms with van der Waals surface area (Å²) in [5.74, 6) is -0.418. The summed E-state index contributed by atoms with van der Waals surface area (Å²) in [5.41, 5.74) is 0.719. The molecule has 0 unspecified atom stereocenters. The topological polar surface area (TPSA) is 107 Å². The lowest BCUT2D eigenvalue weighted by atomic mass is 10.3. The molecule has 110 valence electrons. The van der Waals surface area contributed by atoms with Crippen LogP contribution in [0.5, 0.6) is 0 Å². The predicted octanol–water partition coefficient (Wildman–Crippen LogP) is 1.27. The Kier molecular flexibility index (Phi) is 4.27. The standard InChI is InChI=1S/C13H14N4O4/c1-7-5-15-10(6-14-7)13(19)20-9(3)12(18)16-11-4-8(2)21-17-11/h4-6,9H,1-3H3,(H,16,17,18)/t9-/m1/s1. The molecule has 2 aromatic rings. The molecule has 8 nitrogen and oxygen atoms in total. The molecule has 1 atom stereocenters. The van der Waals surface area contributed by atoms with Crippen molar-refractivity contribution in [1.82, 2.24) is 15.1 Å². The number of amides is 1. The van der Waals surface area contributed by atoms with E-state index in [4.69, 9.17) is 9.26 Å². The molecule has 0 aliphatic carbocycles. The molecule has 0 aromatic carbocycles. The van der Waals surface area contributed by atoms with Crippen LogP contribution < -0.4 is 5.32 Å². The van der Waals surface area contributed by atoms with E-state index < -0.39 is 18.0 Å². The third-order valence-electron chi connectivity index (χ3n) is 2.52. The summed E-state index contributed by atoms with van der Waals surface area (Å²) in [6, 6.07) is 1.55. The van der Waals surface area contributed by atoms with Crippen molar-refractivity contribution < 1.29 is 18.8 Å². The zero-order chi connectivity index (χ0) is 15.4. The first-order valence-electron chi connectivity index (χ1n) is 6.19. The molecule has 0 aliphatic rings. The Morgan fingerprint density at radius 2 is 2.05 bits per heavy atom. The molecule has 2 rings (SSSR count). The lowest BCUT2D eigenvalue weighted by molar-refractivity contribution is -0.123. The third kappa shape index (κ3) is 3.85. The zero-order valence-corrected chi connectivity index (χ0v) is 11.8. The van der Waals surface area contributed by atoms with Crippen molar-refractivity contribution in [2.24, 2.45) is 0 Å². The fourth-order valence-electron chi connectivity index (χ4n) is 1.43. The minimum Gasteiger partial charge on any atom is -0.448 e. The van der Waals surface area contributed by atoms with E-state index in [-0.39, 0.29) is 11.5 Å². The zero-order valence-electron chi connectivity index (χ0n) is 11.8. The van der Waals surface area contributed by atoms with Crippen molar-refractivity contribution in [1.29, 1.82) is 0 Å². The van der Waals surface area contributed by atoms with Gasteiger partial charge in [-0.3, -0.25) is 9.78 Å². The van der Waals surface area contributed by atoms with Gasteiger partial charge in [0.1, 0.15) is 5.76 Å². The fraction of sp³-hybridized carbons (Fsp3) is 0.308. The SMILES string of the molecule is Cc1cnc(C(=O)O[C@H](C)C(=O)Nc2cc(C)on2)cn1. The van der Waals surface area contributed by atoms with Crippen LogP contribution >= 0.6 is 0 Å². The van der Waals surface area contributed by atoms with Crippen molar-refractivity contribution >= 4 is 17.7 Å². The van der Waals surface area contributed by atoms with Crippen LogP contribution in [0.1, 0.15) is 28.9 Å². The van der Waals surface area contributed by atoms with E-state index in [0.717, 1.165) is 0 Å². The van der Waals surface area contributed by atoms with Crippen molar-refractivity contribution in [3.63, 3.8) is 0 Å². The summed E-state index contributed by atoms with van der Waals surface area (Å²) in [6.45, 7) is 4.89. The first-order chi connectivity index (χ1) is 9.95. The maximum Gasteiger partial charge on any atom is 0.359 e. The molecule has 1 N–H and O–H groups in total. The molecule has 0 spiro atoms. The summed E-state index contributed by atoms with van der Waals surface area (Å²) in [5, 5.41) is 6.09. The molecule has 0 bridgehead atoms. The van der Waals surface area contributed by atoms with E-state index in [2.05, 4.69) is 20.4 Å². The van der Waals surface area contributed by atoms with E-state index in [9.17, 15) is 9.59 Å². The molecule has 21 heavy (non-hydrogen) atoms. The van der Waals surface area contributed by atoms with Crippen LogP contribution in [-0.4, -0.2) is 33.1 Å². The fourth-order valence-corrected chi connectivity index (χ4v) is 1.43. The Balaban J connectivity index is 1.93. The number of anilines is 1. The van der Waals surface area contributed by atoms with Crippen molar-refractivity contribution in [2.45, 2.75) is 26.9 Å². The number of aryl methyl sites for hydroxylation is 2. The number of carbonyl (C=O) groups excluding carboxylic acids is 2. The predicted molar refractivity (Wildman–Crippen MR) is 71.5 cm³/mol. The van der Waals surface area contributed by atoms with Crippen LogP contribution in [0.15, 0.2) is 23.0 Å². The van der Waals surface area contributed by atoms with Crippen molar-refractivity contribution in [2.75, 3.05) is 5.32 Å². The Hall–Kier alpha value is -2.77. The molecular weight excluding hydrogens is 276 g/mol. The number of nitrogens with zero attached hydrogens (tertiary/aromatic N) is 3. The summed E-state index contributed by atoms with van der Waals surface area (Å²) in [7, 11) is 0. The quantitative estimate of drug-likeness (QED) is 0.844. The van der Waals surface area contributed by atoms with E-state index in [1.165, 1.54) is 19.3 Å². The largest absolute Gasteiger partial charge is 0.448 e. The van der Waals surface area contributed by atoms with Gasteiger partial charge in [-0.05, 0) is 20.8 Å². The van der Waals surface area contributed by atoms with Crippen LogP contribution in [-0.2, 0) is 9.53 Å². The van der Waals surface area contributed by atoms with Gasteiger partial charge in [-0.25, -0.2) is 9.78 Å². The molecule has 8 heteroatoms. The van der Waals surface area contributed by atoms with Crippen LogP contribution in [0.3, 0.4) is 0 Å². The first-order valence-corrected chi connectivity index (χ1v) is 6.19. The van der Waals surface area contributed by atoms with Gasteiger partial charge in [0.2, 0.25) is 0 Å². The van der Waals surface area contributed by atoms with Gasteiger partial charge < -0.3 is 14.6 Å². The minimum atomic E-state index is -1.00. The summed E-state index contributed by atoms with van der Waals surface area (Å²) in [4.78, 5) is 31.4. The molecule has 0 aliphatic heterocycles. The van der Waals surface area contributed by atoms with E-state index in [1.54, 1.807) is 19.9 Å². The van der Waals surface area contributed by atoms with E-state index in [0.29, 0.717) is 11.5 Å². The molecule has 2 aromatic heterocycles. The van der Waals surface area contributed by atoms with E-state index in [1.807, 2.05) is 0 Å². The second kappa shape index (κ2) is 6.12. The highest BCUT2D eigenvalue weighted by molar-refractivity contribution is 5.96. The number of esters is 1. The number of hydrogen-bond acceptors (Lipinski definition) is 7. The number of ether oxygens (including phenoxy) is 1. The van der Waals surface area contributed by atoms with Gasteiger partial charge >= 0.3 is 5.97 Å². The highest BCUT2D eigenvalue weighted by Gasteiger charge is 2.20. The smallest absolute Gasteiger partial charge is 0.359 e. The summed E-state index contributed by atoms with van der Waals surface area (Å²) >= 11 is 0. The highest BCUT2D eigenvalue weighted by atomic mass is 16.5. The minimum absolute atomic E-state index is 0.0394. The van der Waals surface area contributed by atoms with Gasteiger partial charge in [-0.15, -0.1) is 0 Å². The molecule has 0 saturated heterocycles. The van der Waals surface area contributed by atoms with Crippen LogP contribution in [0.2, 0.25) is 0 Å². The lowest BCUT2D eigenvalue weighted by Crippen LogP contribution is -2.30. The maximum absolute atomic E-state index is 11.8. The Labute approximate surface area is 120 Å². The van der Waals surface area contributed by atoms with Gasteiger partial charge in [0, 0.05) is 12.3 Å². The van der Waals surface area contributed by atoms with Gasteiger partial charge in [0.25, 0.3) is 5.91 Å². The summed E-state index contributed by atoms with van der Waals surface area (Å²) < 4.78 is 9.82. The number of rotatable bonds is 4. The Bertz CT molecular complexity index is 650. The molecule has 0 fully saturated rings. The molecule has 1 amide bonds. The van der Waals surface area contributed by atoms with Gasteiger partial charge in [0.05, 0.1) is 11.9 Å². The molecule has 0 radical (unpaired) electrons. The number of hydrogen-bond donors (Lipinski definition) is 1. The lowest BCUT2D eigenvalue weighted by Gasteiger charge is -2.11. The van der Waals surface area contributed by atoms with Crippen LogP contribution in [0.4, 0.5) is 5.82 Å². The molecule has 2 heterocycles.